The van der Waals surface area contributed by atoms with Crippen molar-refractivity contribution >= 4 is 27.3 Å². The van der Waals surface area contributed by atoms with Crippen molar-refractivity contribution in [1.29, 1.82) is 0 Å². The van der Waals surface area contributed by atoms with Crippen molar-refractivity contribution in [2.75, 3.05) is 17.1 Å². The summed E-state index contributed by atoms with van der Waals surface area (Å²) < 4.78 is 44.2. The first-order valence-corrected chi connectivity index (χ1v) is 9.61. The van der Waals surface area contributed by atoms with Crippen LogP contribution in [0.4, 0.5) is 21.5 Å². The van der Waals surface area contributed by atoms with E-state index in [1.807, 2.05) is 0 Å². The molecule has 2 aromatic rings. The second-order valence-electron chi connectivity index (χ2n) is 6.51. The Balaban J connectivity index is 1.96. The number of hydrogen-bond acceptors (Lipinski definition) is 4. The maximum absolute atomic E-state index is 14.1. The third kappa shape index (κ3) is 3.88. The Morgan fingerprint density at radius 3 is 2.50 bits per heavy atom. The SMILES string of the molecule is Cc1ccc(Nc2cc(=O)n(C)cc2NS(=O)(=O)N(C)C2CC2)c(F)c1. The van der Waals surface area contributed by atoms with Crippen molar-refractivity contribution in [3.63, 3.8) is 0 Å². The van der Waals surface area contributed by atoms with Gasteiger partial charge in [-0.25, -0.2) is 4.39 Å². The van der Waals surface area contributed by atoms with Crippen LogP contribution in [0, 0.1) is 12.7 Å². The lowest BCUT2D eigenvalue weighted by molar-refractivity contribution is 0.469. The summed E-state index contributed by atoms with van der Waals surface area (Å²) >= 11 is 0. The van der Waals surface area contributed by atoms with Crippen LogP contribution in [-0.2, 0) is 17.3 Å². The first-order valence-electron chi connectivity index (χ1n) is 8.17. The molecule has 1 heterocycles. The molecule has 0 bridgehead atoms. The second kappa shape index (κ2) is 6.73. The molecule has 26 heavy (non-hydrogen) atoms. The van der Waals surface area contributed by atoms with Crippen molar-refractivity contribution in [2.45, 2.75) is 25.8 Å². The summed E-state index contributed by atoms with van der Waals surface area (Å²) in [5.41, 5.74) is 0.908. The molecule has 1 saturated carbocycles. The normalized spacial score (nSPS) is 14.5. The lowest BCUT2D eigenvalue weighted by atomic mass is 10.2. The minimum absolute atomic E-state index is 0.00835. The number of benzene rings is 1. The summed E-state index contributed by atoms with van der Waals surface area (Å²) in [6, 6.07) is 5.84. The molecule has 140 valence electrons. The minimum Gasteiger partial charge on any atom is -0.351 e. The lowest BCUT2D eigenvalue weighted by Crippen LogP contribution is -2.34. The number of nitrogens with zero attached hydrogens (tertiary/aromatic N) is 2. The fourth-order valence-electron chi connectivity index (χ4n) is 2.53. The van der Waals surface area contributed by atoms with E-state index in [0.717, 1.165) is 18.4 Å². The van der Waals surface area contributed by atoms with Crippen molar-refractivity contribution in [3.8, 4) is 0 Å². The molecule has 0 amide bonds. The van der Waals surface area contributed by atoms with E-state index in [-0.39, 0.29) is 28.7 Å². The predicted molar refractivity (Wildman–Crippen MR) is 99.4 cm³/mol. The maximum atomic E-state index is 14.1. The van der Waals surface area contributed by atoms with E-state index in [4.69, 9.17) is 0 Å². The van der Waals surface area contributed by atoms with Crippen molar-refractivity contribution in [2.24, 2.45) is 7.05 Å². The standard InChI is InChI=1S/C17H21FN4O3S/c1-11-4-7-14(13(18)8-11)19-15-9-17(23)21(2)10-16(15)20-26(24,25)22(3)12-5-6-12/h4,7-10,12,19-20H,5-6H2,1-3H3. The van der Waals surface area contributed by atoms with Gasteiger partial charge in [-0.1, -0.05) is 6.07 Å². The van der Waals surface area contributed by atoms with E-state index in [9.17, 15) is 17.6 Å². The van der Waals surface area contributed by atoms with Gasteiger partial charge in [-0.3, -0.25) is 9.52 Å². The van der Waals surface area contributed by atoms with E-state index in [1.54, 1.807) is 13.0 Å². The monoisotopic (exact) mass is 380 g/mol. The van der Waals surface area contributed by atoms with E-state index in [1.165, 1.54) is 47.4 Å². The van der Waals surface area contributed by atoms with Crippen LogP contribution in [0.15, 0.2) is 35.3 Å². The zero-order valence-electron chi connectivity index (χ0n) is 14.8. The Labute approximate surface area is 151 Å². The van der Waals surface area contributed by atoms with Crippen LogP contribution in [0.1, 0.15) is 18.4 Å². The van der Waals surface area contributed by atoms with Crippen LogP contribution < -0.4 is 15.6 Å². The lowest BCUT2D eigenvalue weighted by Gasteiger charge is -2.20. The molecule has 0 atom stereocenters. The number of pyridine rings is 1. The first-order chi connectivity index (χ1) is 12.2. The molecule has 1 aromatic carbocycles. The second-order valence-corrected chi connectivity index (χ2v) is 8.24. The Kier molecular flexibility index (Phi) is 4.76. The quantitative estimate of drug-likeness (QED) is 0.806. The van der Waals surface area contributed by atoms with Gasteiger partial charge in [0.2, 0.25) is 0 Å². The Hall–Kier alpha value is -2.39. The molecule has 1 aliphatic carbocycles. The van der Waals surface area contributed by atoms with Crippen LogP contribution in [0.25, 0.3) is 0 Å². The van der Waals surface area contributed by atoms with Crippen LogP contribution in [0.2, 0.25) is 0 Å². The van der Waals surface area contributed by atoms with E-state index in [0.29, 0.717) is 0 Å². The van der Waals surface area contributed by atoms with Gasteiger partial charge in [0.1, 0.15) is 5.82 Å². The van der Waals surface area contributed by atoms with Gasteiger partial charge in [0, 0.05) is 32.4 Å². The summed E-state index contributed by atoms with van der Waals surface area (Å²) in [6.07, 6.45) is 3.02. The minimum atomic E-state index is -3.78. The molecule has 0 spiro atoms. The average Bonchev–Trinajstić information content (AvgIpc) is 3.38. The van der Waals surface area contributed by atoms with Crippen LogP contribution >= 0.6 is 0 Å². The third-order valence-corrected chi connectivity index (χ3v) is 5.84. The highest BCUT2D eigenvalue weighted by molar-refractivity contribution is 7.90. The van der Waals surface area contributed by atoms with Crippen molar-refractivity contribution in [1.82, 2.24) is 8.87 Å². The van der Waals surface area contributed by atoms with Gasteiger partial charge in [-0.2, -0.15) is 12.7 Å². The molecular weight excluding hydrogens is 359 g/mol. The molecule has 1 aromatic heterocycles. The molecule has 7 nitrogen and oxygen atoms in total. The molecule has 9 heteroatoms. The highest BCUT2D eigenvalue weighted by atomic mass is 32.2. The number of halogens is 1. The molecule has 2 N–H and O–H groups in total. The molecule has 0 radical (unpaired) electrons. The summed E-state index contributed by atoms with van der Waals surface area (Å²) in [5, 5.41) is 2.81. The number of nitrogens with one attached hydrogen (secondary N) is 2. The third-order valence-electron chi connectivity index (χ3n) is 4.30. The Bertz CT molecular complexity index is 1000. The molecule has 1 fully saturated rings. The van der Waals surface area contributed by atoms with Gasteiger partial charge in [-0.15, -0.1) is 0 Å². The van der Waals surface area contributed by atoms with E-state index in [2.05, 4.69) is 10.0 Å². The molecule has 0 unspecified atom stereocenters. The molecule has 1 aliphatic rings. The first kappa shape index (κ1) is 18.4. The highest BCUT2D eigenvalue weighted by Gasteiger charge is 2.34. The van der Waals surface area contributed by atoms with Gasteiger partial charge in [-0.05, 0) is 37.5 Å². The summed E-state index contributed by atoms with van der Waals surface area (Å²) in [6.45, 7) is 1.76. The summed E-state index contributed by atoms with van der Waals surface area (Å²) in [7, 11) is -0.754. The highest BCUT2D eigenvalue weighted by Crippen LogP contribution is 2.30. The number of anilines is 3. The maximum Gasteiger partial charge on any atom is 0.301 e. The summed E-state index contributed by atoms with van der Waals surface area (Å²) in [5.74, 6) is -0.491. The predicted octanol–water partition coefficient (Wildman–Crippen LogP) is 2.33. The van der Waals surface area contributed by atoms with Gasteiger partial charge >= 0.3 is 10.2 Å². The number of aryl methyl sites for hydroxylation is 2. The van der Waals surface area contributed by atoms with Gasteiger partial charge in [0.25, 0.3) is 5.56 Å². The summed E-state index contributed by atoms with van der Waals surface area (Å²) in [4.78, 5) is 12.0. The largest absolute Gasteiger partial charge is 0.351 e. The topological polar surface area (TPSA) is 83.4 Å². The van der Waals surface area contributed by atoms with Gasteiger partial charge in [0.15, 0.2) is 0 Å². The Morgan fingerprint density at radius 1 is 1.19 bits per heavy atom. The van der Waals surface area contributed by atoms with E-state index < -0.39 is 16.0 Å². The molecule has 0 aliphatic heterocycles. The van der Waals surface area contributed by atoms with Gasteiger partial charge < -0.3 is 9.88 Å². The molecular formula is C17H21FN4O3S. The van der Waals surface area contributed by atoms with Crippen LogP contribution in [0.5, 0.6) is 0 Å². The zero-order valence-corrected chi connectivity index (χ0v) is 15.6. The zero-order chi connectivity index (χ0) is 19.1. The average molecular weight is 380 g/mol. The van der Waals surface area contributed by atoms with Crippen molar-refractivity contribution in [3.05, 3.63) is 52.2 Å². The van der Waals surface area contributed by atoms with Crippen molar-refractivity contribution < 1.29 is 12.8 Å². The number of rotatable bonds is 6. The number of hydrogen-bond donors (Lipinski definition) is 2. The van der Waals surface area contributed by atoms with Crippen LogP contribution in [-0.4, -0.2) is 30.4 Å². The van der Waals surface area contributed by atoms with Crippen LogP contribution in [0.3, 0.4) is 0 Å². The fraction of sp³-hybridized carbons (Fsp3) is 0.353. The molecule has 3 rings (SSSR count). The smallest absolute Gasteiger partial charge is 0.301 e. The number of aromatic nitrogens is 1. The Morgan fingerprint density at radius 2 is 1.88 bits per heavy atom. The van der Waals surface area contributed by atoms with E-state index >= 15 is 0 Å². The fourth-order valence-corrected chi connectivity index (χ4v) is 3.71. The van der Waals surface area contributed by atoms with Gasteiger partial charge in [0.05, 0.1) is 17.1 Å². The molecule has 0 saturated heterocycles.